The van der Waals surface area contributed by atoms with E-state index in [1.807, 2.05) is 0 Å². The van der Waals surface area contributed by atoms with Gasteiger partial charge in [-0.15, -0.1) is 6.42 Å². The molecule has 1 unspecified atom stereocenters. The summed E-state index contributed by atoms with van der Waals surface area (Å²) in [6.45, 7) is 2.21. The molecule has 1 atom stereocenters. The van der Waals surface area contributed by atoms with Crippen LogP contribution >= 0.6 is 22.6 Å². The molecule has 0 saturated heterocycles. The number of hydrogen-bond acceptors (Lipinski definition) is 0. The van der Waals surface area contributed by atoms with Gasteiger partial charge in [-0.25, -0.2) is 0 Å². The second-order valence-corrected chi connectivity index (χ2v) is 3.63. The van der Waals surface area contributed by atoms with Crippen molar-refractivity contribution in [3.05, 3.63) is 0 Å². The van der Waals surface area contributed by atoms with Gasteiger partial charge in [0.1, 0.15) is 0 Å². The molecule has 0 radical (unpaired) electrons. The maximum absolute atomic E-state index is 5.20. The second kappa shape index (κ2) is 6.41. The van der Waals surface area contributed by atoms with Gasteiger partial charge in [-0.1, -0.05) is 54.7 Å². The Morgan fingerprint density at radius 2 is 2.22 bits per heavy atom. The van der Waals surface area contributed by atoms with Crippen molar-refractivity contribution >= 4 is 22.6 Å². The maximum Gasteiger partial charge on any atom is 0.0716 e. The molecule has 0 saturated carbocycles. The Labute approximate surface area is 71.6 Å². The molecule has 0 aliphatic rings. The van der Waals surface area contributed by atoms with Gasteiger partial charge in [0.2, 0.25) is 0 Å². The Morgan fingerprint density at radius 3 is 2.67 bits per heavy atom. The van der Waals surface area contributed by atoms with Crippen molar-refractivity contribution in [3.8, 4) is 12.3 Å². The third-order valence-electron chi connectivity index (χ3n) is 1.24. The third kappa shape index (κ3) is 6.17. The van der Waals surface area contributed by atoms with Gasteiger partial charge in [0, 0.05) is 0 Å². The minimum Gasteiger partial charge on any atom is -0.119 e. The lowest BCUT2D eigenvalue weighted by atomic mass is 10.2. The van der Waals surface area contributed by atoms with E-state index in [9.17, 15) is 0 Å². The number of rotatable bonds is 4. The highest BCUT2D eigenvalue weighted by Crippen LogP contribution is 2.09. The number of alkyl halides is 1. The molecule has 0 rings (SSSR count). The van der Waals surface area contributed by atoms with Crippen LogP contribution in [0.1, 0.15) is 32.6 Å². The van der Waals surface area contributed by atoms with Crippen LogP contribution in [0.5, 0.6) is 0 Å². The van der Waals surface area contributed by atoms with E-state index < -0.39 is 0 Å². The lowest BCUT2D eigenvalue weighted by molar-refractivity contribution is 0.692. The molecule has 52 valence electrons. The summed E-state index contributed by atoms with van der Waals surface area (Å²) in [5, 5.41) is 0. The lowest BCUT2D eigenvalue weighted by Gasteiger charge is -1.98. The normalized spacial score (nSPS) is 12.6. The Kier molecular flexibility index (Phi) is 6.62. The van der Waals surface area contributed by atoms with E-state index in [4.69, 9.17) is 6.42 Å². The van der Waals surface area contributed by atoms with E-state index in [1.54, 1.807) is 0 Å². The molecule has 9 heavy (non-hydrogen) atoms. The lowest BCUT2D eigenvalue weighted by Crippen LogP contribution is -1.91. The molecular formula is C8H13I. The Hall–Kier alpha value is 0.290. The highest BCUT2D eigenvalue weighted by Gasteiger charge is 1.95. The van der Waals surface area contributed by atoms with Crippen LogP contribution in [-0.2, 0) is 0 Å². The highest BCUT2D eigenvalue weighted by molar-refractivity contribution is 14.1. The summed E-state index contributed by atoms with van der Waals surface area (Å²) >= 11 is 2.31. The molecule has 0 aliphatic heterocycles. The fourth-order valence-electron chi connectivity index (χ4n) is 0.657. The van der Waals surface area contributed by atoms with E-state index in [0.717, 1.165) is 0 Å². The van der Waals surface area contributed by atoms with Gasteiger partial charge in [0.25, 0.3) is 0 Å². The Morgan fingerprint density at radius 1 is 1.56 bits per heavy atom. The first kappa shape index (κ1) is 9.29. The molecule has 0 aromatic carbocycles. The van der Waals surface area contributed by atoms with Gasteiger partial charge < -0.3 is 0 Å². The van der Waals surface area contributed by atoms with Gasteiger partial charge in [-0.05, 0) is 6.42 Å². The standard InChI is InChI=1S/C8H13I/c1-3-5-6-7-8(9)4-2/h2,8H,3,5-7H2,1H3. The summed E-state index contributed by atoms with van der Waals surface area (Å²) in [7, 11) is 0. The van der Waals surface area contributed by atoms with Crippen LogP contribution in [0.25, 0.3) is 0 Å². The zero-order valence-electron chi connectivity index (χ0n) is 5.86. The van der Waals surface area contributed by atoms with Crippen molar-refractivity contribution in [2.45, 2.75) is 36.5 Å². The highest BCUT2D eigenvalue weighted by atomic mass is 127. The third-order valence-corrected chi connectivity index (χ3v) is 2.22. The number of halogens is 1. The van der Waals surface area contributed by atoms with E-state index >= 15 is 0 Å². The van der Waals surface area contributed by atoms with Crippen LogP contribution in [-0.4, -0.2) is 3.92 Å². The molecule has 0 fully saturated rings. The van der Waals surface area contributed by atoms with Crippen molar-refractivity contribution < 1.29 is 0 Å². The number of hydrogen-bond donors (Lipinski definition) is 0. The van der Waals surface area contributed by atoms with Crippen LogP contribution in [0.4, 0.5) is 0 Å². The summed E-state index contributed by atoms with van der Waals surface area (Å²) in [5.41, 5.74) is 0. The Balaban J connectivity index is 2.99. The first-order valence-electron chi connectivity index (χ1n) is 3.41. The molecule has 0 aromatic heterocycles. The first-order chi connectivity index (χ1) is 4.31. The Bertz CT molecular complexity index is 91.2. The number of unbranched alkanes of at least 4 members (excludes halogenated alkanes) is 2. The van der Waals surface area contributed by atoms with Gasteiger partial charge >= 0.3 is 0 Å². The SMILES string of the molecule is C#CC(I)CCCCC. The van der Waals surface area contributed by atoms with Crippen LogP contribution in [0.15, 0.2) is 0 Å². The van der Waals surface area contributed by atoms with Crippen molar-refractivity contribution in [3.63, 3.8) is 0 Å². The van der Waals surface area contributed by atoms with Gasteiger partial charge in [-0.3, -0.25) is 0 Å². The summed E-state index contributed by atoms with van der Waals surface area (Å²) in [6, 6.07) is 0. The monoisotopic (exact) mass is 236 g/mol. The fraction of sp³-hybridized carbons (Fsp3) is 0.750. The minimum absolute atomic E-state index is 0.453. The summed E-state index contributed by atoms with van der Waals surface area (Å²) in [5.74, 6) is 2.71. The topological polar surface area (TPSA) is 0 Å². The molecule has 0 bridgehead atoms. The minimum atomic E-state index is 0.453. The van der Waals surface area contributed by atoms with Gasteiger partial charge in [-0.2, -0.15) is 0 Å². The van der Waals surface area contributed by atoms with Crippen molar-refractivity contribution in [2.24, 2.45) is 0 Å². The van der Waals surface area contributed by atoms with E-state index in [0.29, 0.717) is 3.92 Å². The molecule has 0 aliphatic carbocycles. The molecule has 0 nitrogen and oxygen atoms in total. The summed E-state index contributed by atoms with van der Waals surface area (Å²) in [4.78, 5) is 0. The van der Waals surface area contributed by atoms with Crippen LogP contribution < -0.4 is 0 Å². The summed E-state index contributed by atoms with van der Waals surface area (Å²) < 4.78 is 0.453. The predicted molar refractivity (Wildman–Crippen MR) is 50.8 cm³/mol. The van der Waals surface area contributed by atoms with Crippen molar-refractivity contribution in [1.82, 2.24) is 0 Å². The number of terminal acetylenes is 1. The zero-order chi connectivity index (χ0) is 7.11. The van der Waals surface area contributed by atoms with Crippen LogP contribution in [0.3, 0.4) is 0 Å². The molecule has 0 N–H and O–H groups in total. The molecule has 1 heteroatoms. The van der Waals surface area contributed by atoms with Gasteiger partial charge in [0.05, 0.1) is 3.92 Å². The molecule has 0 amide bonds. The molecule has 0 aromatic rings. The van der Waals surface area contributed by atoms with Crippen molar-refractivity contribution in [1.29, 1.82) is 0 Å². The first-order valence-corrected chi connectivity index (χ1v) is 4.66. The molecule has 0 spiro atoms. The largest absolute Gasteiger partial charge is 0.119 e. The zero-order valence-corrected chi connectivity index (χ0v) is 8.02. The second-order valence-electron chi connectivity index (χ2n) is 2.13. The summed E-state index contributed by atoms with van der Waals surface area (Å²) in [6.07, 6.45) is 10.3. The van der Waals surface area contributed by atoms with E-state index in [-0.39, 0.29) is 0 Å². The van der Waals surface area contributed by atoms with Crippen LogP contribution in [0, 0.1) is 12.3 Å². The fourth-order valence-corrected chi connectivity index (χ4v) is 1.10. The van der Waals surface area contributed by atoms with E-state index in [2.05, 4.69) is 35.4 Å². The van der Waals surface area contributed by atoms with E-state index in [1.165, 1.54) is 25.7 Å². The molecular weight excluding hydrogens is 223 g/mol. The maximum atomic E-state index is 5.20. The quantitative estimate of drug-likeness (QED) is 0.304. The van der Waals surface area contributed by atoms with Gasteiger partial charge in [0.15, 0.2) is 0 Å². The molecule has 0 heterocycles. The van der Waals surface area contributed by atoms with Crippen LogP contribution in [0.2, 0.25) is 0 Å². The smallest absolute Gasteiger partial charge is 0.0716 e. The predicted octanol–water partition coefficient (Wildman–Crippen LogP) is 3.00. The van der Waals surface area contributed by atoms with Crippen molar-refractivity contribution in [2.75, 3.05) is 0 Å². The average Bonchev–Trinajstić information content (AvgIpc) is 1.89. The average molecular weight is 236 g/mol.